The number of likely N-dealkylation sites (N-methyl/N-ethyl adjacent to an activating group) is 1. The van der Waals surface area contributed by atoms with Crippen LogP contribution in [0.3, 0.4) is 0 Å². The van der Waals surface area contributed by atoms with Crippen molar-refractivity contribution in [1.29, 1.82) is 0 Å². The number of carbonyl (C=O) groups is 1. The summed E-state index contributed by atoms with van der Waals surface area (Å²) in [6.45, 7) is 1.09. The van der Waals surface area contributed by atoms with E-state index in [9.17, 15) is 9.90 Å². The summed E-state index contributed by atoms with van der Waals surface area (Å²) in [6, 6.07) is 7.74. The number of hydrogen-bond donors (Lipinski definition) is 1. The number of hydrogen-bond acceptors (Lipinski definition) is 3. The first-order valence-corrected chi connectivity index (χ1v) is 5.97. The maximum Gasteiger partial charge on any atom is 0.152 e. The highest BCUT2D eigenvalue weighted by Gasteiger charge is 2.11. The fourth-order valence-electron chi connectivity index (χ4n) is 2.23. The van der Waals surface area contributed by atoms with Crippen LogP contribution in [-0.4, -0.2) is 47.6 Å². The number of aliphatic hydroxyl groups excluding tert-OH is 1. The summed E-state index contributed by atoms with van der Waals surface area (Å²) in [5.74, 6) is 0. The highest BCUT2D eigenvalue weighted by molar-refractivity contribution is 5.97. The van der Waals surface area contributed by atoms with Crippen LogP contribution in [0.15, 0.2) is 30.5 Å². The monoisotopic (exact) mass is 246 g/mol. The van der Waals surface area contributed by atoms with E-state index in [0.717, 1.165) is 17.2 Å². The van der Waals surface area contributed by atoms with Crippen molar-refractivity contribution in [3.05, 3.63) is 36.0 Å². The topological polar surface area (TPSA) is 45.5 Å². The Balaban J connectivity index is 2.30. The van der Waals surface area contributed by atoms with E-state index >= 15 is 0 Å². The minimum Gasteiger partial charge on any atom is -0.390 e. The molecule has 0 aliphatic rings. The Hall–Kier alpha value is -1.65. The number of aromatic nitrogens is 1. The lowest BCUT2D eigenvalue weighted by molar-refractivity contribution is 0.112. The highest BCUT2D eigenvalue weighted by atomic mass is 16.3. The van der Waals surface area contributed by atoms with Gasteiger partial charge in [-0.05, 0) is 20.2 Å². The zero-order valence-electron chi connectivity index (χ0n) is 10.7. The van der Waals surface area contributed by atoms with Gasteiger partial charge in [0.15, 0.2) is 6.29 Å². The van der Waals surface area contributed by atoms with Crippen LogP contribution < -0.4 is 0 Å². The van der Waals surface area contributed by atoms with E-state index in [2.05, 4.69) is 0 Å². The Morgan fingerprint density at radius 3 is 2.78 bits per heavy atom. The smallest absolute Gasteiger partial charge is 0.152 e. The van der Waals surface area contributed by atoms with Crippen molar-refractivity contribution in [3.63, 3.8) is 0 Å². The third kappa shape index (κ3) is 2.60. The van der Waals surface area contributed by atoms with Crippen molar-refractivity contribution in [2.24, 2.45) is 0 Å². The van der Waals surface area contributed by atoms with Gasteiger partial charge in [0.25, 0.3) is 0 Å². The predicted molar refractivity (Wildman–Crippen MR) is 71.9 cm³/mol. The van der Waals surface area contributed by atoms with Gasteiger partial charge in [-0.1, -0.05) is 18.2 Å². The van der Waals surface area contributed by atoms with Crippen LogP contribution in [0.1, 0.15) is 10.4 Å². The molecule has 4 nitrogen and oxygen atoms in total. The van der Waals surface area contributed by atoms with Gasteiger partial charge < -0.3 is 14.6 Å². The number of aliphatic hydroxyl groups is 1. The molecular weight excluding hydrogens is 228 g/mol. The van der Waals surface area contributed by atoms with Gasteiger partial charge in [-0.15, -0.1) is 0 Å². The molecule has 0 aliphatic heterocycles. The fourth-order valence-corrected chi connectivity index (χ4v) is 2.23. The summed E-state index contributed by atoms with van der Waals surface area (Å²) < 4.78 is 1.94. The number of fused-ring (bicyclic) bond motifs is 1. The number of nitrogens with zero attached hydrogens (tertiary/aromatic N) is 2. The molecule has 0 bridgehead atoms. The van der Waals surface area contributed by atoms with E-state index in [0.29, 0.717) is 18.7 Å². The van der Waals surface area contributed by atoms with E-state index in [1.165, 1.54) is 0 Å². The Morgan fingerprint density at radius 1 is 1.39 bits per heavy atom. The SMILES string of the molecule is CN(C)CC(O)Cn1cc(C=O)c2ccccc21. The maximum absolute atomic E-state index is 11.0. The third-order valence-corrected chi connectivity index (χ3v) is 2.93. The molecule has 0 saturated carbocycles. The molecule has 18 heavy (non-hydrogen) atoms. The molecule has 2 rings (SSSR count). The van der Waals surface area contributed by atoms with E-state index in [1.54, 1.807) is 6.20 Å². The van der Waals surface area contributed by atoms with Crippen molar-refractivity contribution in [2.45, 2.75) is 12.6 Å². The summed E-state index contributed by atoms with van der Waals surface area (Å²) in [7, 11) is 3.85. The van der Waals surface area contributed by atoms with Crippen LogP contribution >= 0.6 is 0 Å². The van der Waals surface area contributed by atoms with Crippen LogP contribution in [0, 0.1) is 0 Å². The molecule has 0 spiro atoms. The second kappa shape index (κ2) is 5.33. The number of carbonyl (C=O) groups excluding carboxylic acids is 1. The molecule has 1 unspecified atom stereocenters. The standard InChI is InChI=1S/C14H18N2O2/c1-15(2)8-12(18)9-16-7-11(10-17)13-5-3-4-6-14(13)16/h3-7,10,12,18H,8-9H2,1-2H3. The minimum absolute atomic E-state index is 0.449. The molecule has 1 atom stereocenters. The van der Waals surface area contributed by atoms with E-state index < -0.39 is 6.10 Å². The summed E-state index contributed by atoms with van der Waals surface area (Å²) in [5, 5.41) is 10.9. The summed E-state index contributed by atoms with van der Waals surface area (Å²) >= 11 is 0. The van der Waals surface area contributed by atoms with Gasteiger partial charge in [0.2, 0.25) is 0 Å². The second-order valence-electron chi connectivity index (χ2n) is 4.79. The van der Waals surface area contributed by atoms with Crippen molar-refractivity contribution >= 4 is 17.2 Å². The molecule has 0 radical (unpaired) electrons. The third-order valence-electron chi connectivity index (χ3n) is 2.93. The Bertz CT molecular complexity index is 546. The van der Waals surface area contributed by atoms with E-state index in [1.807, 2.05) is 47.8 Å². The average Bonchev–Trinajstić information content (AvgIpc) is 2.67. The first-order valence-electron chi connectivity index (χ1n) is 5.97. The molecular formula is C14H18N2O2. The number of aldehydes is 1. The highest BCUT2D eigenvalue weighted by Crippen LogP contribution is 2.20. The first-order chi connectivity index (χ1) is 8.61. The predicted octanol–water partition coefficient (Wildman–Crippen LogP) is 1.38. The van der Waals surface area contributed by atoms with Gasteiger partial charge in [0, 0.05) is 35.8 Å². The molecule has 1 aromatic heterocycles. The lowest BCUT2D eigenvalue weighted by Crippen LogP contribution is -2.29. The van der Waals surface area contributed by atoms with E-state index in [-0.39, 0.29) is 0 Å². The maximum atomic E-state index is 11.0. The molecule has 0 aliphatic carbocycles. The second-order valence-corrected chi connectivity index (χ2v) is 4.79. The number of benzene rings is 1. The number of rotatable bonds is 5. The molecule has 2 aromatic rings. The van der Waals surface area contributed by atoms with Crippen LogP contribution in [0.25, 0.3) is 10.9 Å². The van der Waals surface area contributed by atoms with Crippen molar-refractivity contribution < 1.29 is 9.90 Å². The van der Waals surface area contributed by atoms with Gasteiger partial charge in [0.1, 0.15) is 0 Å². The minimum atomic E-state index is -0.449. The van der Waals surface area contributed by atoms with Gasteiger partial charge in [0.05, 0.1) is 6.10 Å². The molecule has 0 fully saturated rings. The Morgan fingerprint density at radius 2 is 2.11 bits per heavy atom. The fraction of sp³-hybridized carbons (Fsp3) is 0.357. The van der Waals surface area contributed by atoms with Crippen LogP contribution in [0.4, 0.5) is 0 Å². The van der Waals surface area contributed by atoms with Gasteiger partial charge in [-0.3, -0.25) is 4.79 Å². The first kappa shape index (κ1) is 12.8. The van der Waals surface area contributed by atoms with Crippen molar-refractivity contribution in [3.8, 4) is 0 Å². The molecule has 1 aromatic carbocycles. The van der Waals surface area contributed by atoms with Crippen molar-refractivity contribution in [1.82, 2.24) is 9.47 Å². The van der Waals surface area contributed by atoms with E-state index in [4.69, 9.17) is 0 Å². The molecule has 1 N–H and O–H groups in total. The van der Waals surface area contributed by atoms with Gasteiger partial charge >= 0.3 is 0 Å². The lowest BCUT2D eigenvalue weighted by Gasteiger charge is -2.17. The molecule has 4 heteroatoms. The molecule has 96 valence electrons. The van der Waals surface area contributed by atoms with Crippen LogP contribution in [-0.2, 0) is 6.54 Å². The quantitative estimate of drug-likeness (QED) is 0.811. The largest absolute Gasteiger partial charge is 0.390 e. The molecule has 0 amide bonds. The van der Waals surface area contributed by atoms with Crippen LogP contribution in [0.5, 0.6) is 0 Å². The normalized spacial score (nSPS) is 13.1. The van der Waals surface area contributed by atoms with Crippen molar-refractivity contribution in [2.75, 3.05) is 20.6 Å². The summed E-state index contributed by atoms with van der Waals surface area (Å²) in [4.78, 5) is 13.0. The molecule has 1 heterocycles. The summed E-state index contributed by atoms with van der Waals surface area (Å²) in [6.07, 6.45) is 2.21. The lowest BCUT2D eigenvalue weighted by atomic mass is 10.2. The number of para-hydroxylation sites is 1. The molecule has 0 saturated heterocycles. The van der Waals surface area contributed by atoms with Gasteiger partial charge in [-0.25, -0.2) is 0 Å². The van der Waals surface area contributed by atoms with Gasteiger partial charge in [-0.2, -0.15) is 0 Å². The average molecular weight is 246 g/mol. The Kier molecular flexibility index (Phi) is 3.79. The van der Waals surface area contributed by atoms with Crippen LogP contribution in [0.2, 0.25) is 0 Å². The Labute approximate surface area is 106 Å². The summed E-state index contributed by atoms with van der Waals surface area (Å²) in [5.41, 5.74) is 1.65. The zero-order valence-corrected chi connectivity index (χ0v) is 10.7. The zero-order chi connectivity index (χ0) is 13.1.